The molecular formula is C54H81N9O16U. The number of carbonyl (C=O) groups excluding carboxylic acids is 7. The third-order valence-corrected chi connectivity index (χ3v) is 14.7. The van der Waals surface area contributed by atoms with Crippen LogP contribution in [0.15, 0.2) is 42.5 Å². The van der Waals surface area contributed by atoms with Gasteiger partial charge in [0.2, 0.25) is 11.8 Å². The molecule has 1 aliphatic carbocycles. The number of carboxylic acid groups (broad SMARTS) is 3. The molecule has 26 heteroatoms. The number of carboxylic acids is 3. The van der Waals surface area contributed by atoms with Crippen LogP contribution in [0.3, 0.4) is 0 Å². The zero-order valence-electron chi connectivity index (χ0n) is 46.4. The van der Waals surface area contributed by atoms with Crippen LogP contribution < -0.4 is 26.6 Å². The van der Waals surface area contributed by atoms with E-state index in [1.807, 2.05) is 70.6 Å². The van der Waals surface area contributed by atoms with E-state index in [9.17, 15) is 58.2 Å². The monoisotopic (exact) mass is 1350 g/mol. The van der Waals surface area contributed by atoms with Crippen LogP contribution in [0.1, 0.15) is 70.3 Å². The number of rotatable bonds is 28. The van der Waals surface area contributed by atoms with Gasteiger partial charge in [-0.15, -0.1) is 13.5 Å². The second-order valence-corrected chi connectivity index (χ2v) is 20.2. The first-order chi connectivity index (χ1) is 37.7. The summed E-state index contributed by atoms with van der Waals surface area (Å²) in [7, 11) is 3.96. The largest absolute Gasteiger partial charge is 0.481 e. The van der Waals surface area contributed by atoms with Crippen LogP contribution in [-0.4, -0.2) is 225 Å². The number of aliphatic carboxylic acids is 3. The fourth-order valence-corrected chi connectivity index (χ4v) is 9.70. The number of esters is 3. The van der Waals surface area contributed by atoms with Crippen molar-refractivity contribution in [2.24, 2.45) is 11.8 Å². The maximum atomic E-state index is 14.0. The summed E-state index contributed by atoms with van der Waals surface area (Å²) in [4.78, 5) is 132. The Hall–Kier alpha value is -5.91. The summed E-state index contributed by atoms with van der Waals surface area (Å²) in [6.07, 6.45) is 2.08. The number of urea groups is 1. The van der Waals surface area contributed by atoms with E-state index in [0.29, 0.717) is 91.0 Å². The normalized spacial score (nSPS) is 18.4. The van der Waals surface area contributed by atoms with Gasteiger partial charge in [0.25, 0.3) is 5.91 Å². The van der Waals surface area contributed by atoms with Crippen LogP contribution in [0, 0.1) is 49.5 Å². The molecule has 2 fully saturated rings. The van der Waals surface area contributed by atoms with Crippen LogP contribution in [0.5, 0.6) is 0 Å². The Bertz CT molecular complexity index is 2360. The minimum absolute atomic E-state index is 0. The fraction of sp³-hybridized carbons (Fsp3) is 0.611. The third-order valence-electron chi connectivity index (χ3n) is 14.7. The summed E-state index contributed by atoms with van der Waals surface area (Å²) in [5.74, 6) is -6.56. The predicted octanol–water partition coefficient (Wildman–Crippen LogP) is 0.584. The van der Waals surface area contributed by atoms with E-state index in [2.05, 4.69) is 26.6 Å². The van der Waals surface area contributed by atoms with Crippen molar-refractivity contribution < 1.29 is 113 Å². The molecule has 4 rings (SSSR count). The summed E-state index contributed by atoms with van der Waals surface area (Å²) < 4.78 is 15.1. The van der Waals surface area contributed by atoms with E-state index in [1.54, 1.807) is 0 Å². The minimum atomic E-state index is -1.55. The van der Waals surface area contributed by atoms with Gasteiger partial charge < -0.3 is 60.6 Å². The molecule has 1 heterocycles. The maximum Gasteiger partial charge on any atom is 0.326 e. The average Bonchev–Trinajstić information content (AvgIpc) is 3.43. The van der Waals surface area contributed by atoms with E-state index in [-0.39, 0.29) is 105 Å². The van der Waals surface area contributed by atoms with Gasteiger partial charge in [0.15, 0.2) is 0 Å². The van der Waals surface area contributed by atoms with Crippen LogP contribution in [0.4, 0.5) is 4.79 Å². The standard InChI is InChI=1S/C54H81N9O16.U/c1-5-63(28-26-61(34-48(68)78-3)24-22-60(33-47(67)77-2)23-25-62(27-29-63)35-49(69)79-4)36-45(64)56-32-37-13-17-40(18-14-37)50(70)57-44(31-38-15-16-39-10-6-7-11-41(39)30-38)51(71)55-21-9-8-12-42(52(72)73)58-54(76)59-43(53(74)75)19-20-46(65)66;/h5-7,10-11,15-16,30,37,40,42-44H,8-9,12-14,17-29,31-36H2,1-4H3,(H,55,71)(H,56,64)(H,57,70)(H,65,66)(H,72,73)(H,74,75)(H2,58,59,76);/t37?,40?,42-,43-,44-;/m0./s1. The smallest absolute Gasteiger partial charge is 0.326 e. The van der Waals surface area contributed by atoms with Crippen molar-refractivity contribution in [2.75, 3.05) is 113 Å². The molecule has 8 N–H and O–H groups in total. The summed E-state index contributed by atoms with van der Waals surface area (Å²) in [6.45, 7) is 7.95. The van der Waals surface area contributed by atoms with Crippen LogP contribution in [0.25, 0.3) is 10.8 Å². The van der Waals surface area contributed by atoms with Crippen molar-refractivity contribution in [3.63, 3.8) is 0 Å². The van der Waals surface area contributed by atoms with Crippen molar-refractivity contribution in [3.8, 4) is 0 Å². The van der Waals surface area contributed by atoms with Crippen molar-refractivity contribution >= 4 is 70.3 Å². The molecule has 0 unspecified atom stereocenters. The zero-order valence-corrected chi connectivity index (χ0v) is 50.6. The van der Waals surface area contributed by atoms with E-state index < -0.39 is 84.6 Å². The predicted molar refractivity (Wildman–Crippen MR) is 286 cm³/mol. The van der Waals surface area contributed by atoms with Crippen LogP contribution >= 0.6 is 0 Å². The SMILES string of the molecule is C[CH-][N+]1(CC(=O)NCC2CCC(C(=O)N[C@@H](Cc3ccc4ccccc4c3)C(=O)NCCCC[C@H](NC(=O)N[C@@H](CCC(=O)O)C(=O)O)C(=O)O)CC2)CCN(CC(=O)OC)CCN(CC(=O)OC)CCN(CC(=O)OC)CC1.[U]. The fourth-order valence-electron chi connectivity index (χ4n) is 9.70. The molecule has 5 amide bonds. The molecule has 2 aliphatic rings. The summed E-state index contributed by atoms with van der Waals surface area (Å²) >= 11 is 0. The number of nitrogens with zero attached hydrogens (tertiary/aromatic N) is 4. The minimum Gasteiger partial charge on any atom is -0.481 e. The number of fused-ring (bicyclic) bond motifs is 1. The molecule has 25 nitrogen and oxygen atoms in total. The molecule has 0 radical (unpaired) electrons. The molecule has 2 aromatic carbocycles. The Balaban J connectivity index is 0.0000168. The summed E-state index contributed by atoms with van der Waals surface area (Å²) in [6, 6.07) is 8.58. The molecule has 80 heavy (non-hydrogen) atoms. The topological polar surface area (TPSA) is 329 Å². The zero-order chi connectivity index (χ0) is 57.9. The number of hydrogen-bond acceptors (Lipinski definition) is 16. The molecular weight excluding hydrogens is 1270 g/mol. The summed E-state index contributed by atoms with van der Waals surface area (Å²) in [5, 5.41) is 43.2. The second-order valence-electron chi connectivity index (χ2n) is 20.2. The second kappa shape index (κ2) is 35.7. The number of methoxy groups -OCH3 is 3. The molecule has 1 aliphatic heterocycles. The number of benzene rings is 2. The molecule has 0 aromatic heterocycles. The first kappa shape index (κ1) is 68.4. The van der Waals surface area contributed by atoms with E-state index in [4.69, 9.17) is 19.3 Å². The molecule has 442 valence electrons. The van der Waals surface area contributed by atoms with E-state index in [1.165, 1.54) is 21.3 Å². The number of amides is 5. The number of carbonyl (C=O) groups is 10. The maximum absolute atomic E-state index is 14.0. The molecule has 2 aromatic rings. The first-order valence-corrected chi connectivity index (χ1v) is 26.9. The number of ether oxygens (including phenoxy) is 3. The van der Waals surface area contributed by atoms with Crippen LogP contribution in [-0.2, 0) is 63.8 Å². The Morgan fingerprint density at radius 2 is 1.18 bits per heavy atom. The number of hydrogen-bond donors (Lipinski definition) is 8. The Morgan fingerprint density at radius 1 is 0.650 bits per heavy atom. The van der Waals surface area contributed by atoms with Gasteiger partial charge in [-0.2, -0.15) is 0 Å². The van der Waals surface area contributed by atoms with Gasteiger partial charge in [-0.25, -0.2) is 14.4 Å². The van der Waals surface area contributed by atoms with Gasteiger partial charge in [-0.05, 0) is 73.6 Å². The van der Waals surface area contributed by atoms with Gasteiger partial charge >= 0.3 is 41.8 Å². The quantitative estimate of drug-likeness (QED) is 0.0190. The van der Waals surface area contributed by atoms with Crippen molar-refractivity contribution in [1.82, 2.24) is 41.3 Å². The number of nitrogens with one attached hydrogen (secondary N) is 5. The first-order valence-electron chi connectivity index (χ1n) is 26.9. The Labute approximate surface area is 490 Å². The molecule has 1 saturated heterocycles. The molecule has 1 saturated carbocycles. The Kier molecular flexibility index (Phi) is 30.5. The summed E-state index contributed by atoms with van der Waals surface area (Å²) in [5.41, 5.74) is 0.818. The van der Waals surface area contributed by atoms with E-state index in [0.717, 1.165) is 16.3 Å². The third kappa shape index (κ3) is 24.4. The number of unbranched alkanes of at least 4 members (excludes halogenated alkanes) is 1. The average molecular weight is 1350 g/mol. The molecule has 0 bridgehead atoms. The van der Waals surface area contributed by atoms with Gasteiger partial charge in [0.1, 0.15) is 24.7 Å². The van der Waals surface area contributed by atoms with Gasteiger partial charge in [0.05, 0.1) is 54.1 Å². The van der Waals surface area contributed by atoms with Crippen molar-refractivity contribution in [3.05, 3.63) is 54.6 Å². The van der Waals surface area contributed by atoms with Gasteiger partial charge in [-0.3, -0.25) is 48.3 Å². The van der Waals surface area contributed by atoms with Crippen LogP contribution in [0.2, 0.25) is 0 Å². The van der Waals surface area contributed by atoms with Gasteiger partial charge in [0, 0.05) is 102 Å². The molecule has 3 atom stereocenters. The van der Waals surface area contributed by atoms with E-state index >= 15 is 0 Å². The Morgan fingerprint density at radius 3 is 1.69 bits per heavy atom. The molecule has 0 spiro atoms. The van der Waals surface area contributed by atoms with Crippen molar-refractivity contribution in [1.29, 1.82) is 0 Å². The van der Waals surface area contributed by atoms with Gasteiger partial charge in [-0.1, -0.05) is 42.5 Å². The van der Waals surface area contributed by atoms with Crippen molar-refractivity contribution in [2.45, 2.75) is 89.3 Å². The number of quaternary nitrogens is 1.